The molecule has 112 valence electrons. The van der Waals surface area contributed by atoms with Crippen molar-refractivity contribution < 1.29 is 4.42 Å². The molecule has 5 nitrogen and oxygen atoms in total. The molecular weight excluding hydrogens is 264 g/mol. The second-order valence-electron chi connectivity index (χ2n) is 5.53. The van der Waals surface area contributed by atoms with E-state index >= 15 is 0 Å². The fourth-order valence-electron chi connectivity index (χ4n) is 2.86. The van der Waals surface area contributed by atoms with Crippen molar-refractivity contribution in [2.45, 2.75) is 32.2 Å². The van der Waals surface area contributed by atoms with Crippen molar-refractivity contribution in [1.29, 1.82) is 0 Å². The minimum atomic E-state index is 0.564. The Bertz CT molecular complexity index is 538. The fourth-order valence-corrected chi connectivity index (χ4v) is 2.86. The molecule has 0 amide bonds. The van der Waals surface area contributed by atoms with Gasteiger partial charge < -0.3 is 14.6 Å². The first-order valence-corrected chi connectivity index (χ1v) is 7.70. The summed E-state index contributed by atoms with van der Waals surface area (Å²) in [4.78, 5) is 2.53. The smallest absolute Gasteiger partial charge is 0.247 e. The summed E-state index contributed by atoms with van der Waals surface area (Å²) in [5.74, 6) is 0.564. The minimum absolute atomic E-state index is 0.564. The van der Waals surface area contributed by atoms with Gasteiger partial charge in [-0.05, 0) is 56.6 Å². The fraction of sp³-hybridized carbons (Fsp3) is 0.500. The summed E-state index contributed by atoms with van der Waals surface area (Å²) in [6.45, 7) is 5.81. The molecule has 1 aliphatic rings. The second kappa shape index (κ2) is 6.72. The number of aromatic nitrogens is 2. The lowest BCUT2D eigenvalue weighted by Crippen LogP contribution is -2.26. The molecule has 21 heavy (non-hydrogen) atoms. The van der Waals surface area contributed by atoms with Crippen LogP contribution in [0, 0.1) is 0 Å². The summed E-state index contributed by atoms with van der Waals surface area (Å²) in [6.07, 6.45) is 5.07. The van der Waals surface area contributed by atoms with Crippen LogP contribution in [-0.4, -0.2) is 40.8 Å². The van der Waals surface area contributed by atoms with Gasteiger partial charge in [-0.25, -0.2) is 0 Å². The van der Waals surface area contributed by atoms with Crippen molar-refractivity contribution in [2.24, 2.45) is 0 Å². The molecule has 1 saturated heterocycles. The standard InChI is InChI=1S/C16H22N4O/c1-2-20-10-3-4-14(9-11-20)18-15-7-5-13(6-8-15)16-19-17-12-21-16/h5-8,12,14,18H,2-4,9-11H2,1H3. The maximum atomic E-state index is 5.20. The van der Waals surface area contributed by atoms with Gasteiger partial charge in [0.1, 0.15) is 0 Å². The molecule has 0 radical (unpaired) electrons. The van der Waals surface area contributed by atoms with Gasteiger partial charge in [0.2, 0.25) is 12.3 Å². The summed E-state index contributed by atoms with van der Waals surface area (Å²) in [7, 11) is 0. The molecule has 2 aromatic rings. The number of rotatable bonds is 4. The number of benzene rings is 1. The average molecular weight is 286 g/mol. The van der Waals surface area contributed by atoms with Gasteiger partial charge in [-0.15, -0.1) is 10.2 Å². The largest absolute Gasteiger partial charge is 0.423 e. The van der Waals surface area contributed by atoms with Crippen LogP contribution in [0.3, 0.4) is 0 Å². The van der Waals surface area contributed by atoms with Gasteiger partial charge in [0, 0.05) is 23.8 Å². The number of nitrogens with zero attached hydrogens (tertiary/aromatic N) is 3. The first-order valence-electron chi connectivity index (χ1n) is 7.70. The first-order chi connectivity index (χ1) is 10.3. The topological polar surface area (TPSA) is 54.2 Å². The third kappa shape index (κ3) is 3.61. The average Bonchev–Trinajstić information content (AvgIpc) is 2.96. The third-order valence-electron chi connectivity index (χ3n) is 4.13. The molecule has 2 heterocycles. The van der Waals surface area contributed by atoms with E-state index in [9.17, 15) is 0 Å². The Morgan fingerprint density at radius 2 is 2.10 bits per heavy atom. The molecule has 1 atom stereocenters. The van der Waals surface area contributed by atoms with Gasteiger partial charge in [0.25, 0.3) is 0 Å². The highest BCUT2D eigenvalue weighted by Gasteiger charge is 2.15. The van der Waals surface area contributed by atoms with Crippen LogP contribution in [0.25, 0.3) is 11.5 Å². The van der Waals surface area contributed by atoms with Crippen molar-refractivity contribution in [3.8, 4) is 11.5 Å². The molecule has 1 N–H and O–H groups in total. The molecule has 1 aromatic carbocycles. The van der Waals surface area contributed by atoms with Crippen molar-refractivity contribution in [3.05, 3.63) is 30.7 Å². The number of anilines is 1. The van der Waals surface area contributed by atoms with Gasteiger partial charge in [-0.2, -0.15) is 0 Å². The molecule has 0 spiro atoms. The van der Waals surface area contributed by atoms with Crippen LogP contribution < -0.4 is 5.32 Å². The summed E-state index contributed by atoms with van der Waals surface area (Å²) < 4.78 is 5.20. The Labute approximate surface area is 125 Å². The molecule has 1 aromatic heterocycles. The molecule has 1 aliphatic heterocycles. The zero-order valence-corrected chi connectivity index (χ0v) is 12.5. The van der Waals surface area contributed by atoms with E-state index in [0.29, 0.717) is 11.9 Å². The lowest BCUT2D eigenvalue weighted by Gasteiger charge is -2.19. The lowest BCUT2D eigenvalue weighted by atomic mass is 10.1. The van der Waals surface area contributed by atoms with Crippen LogP contribution in [0.4, 0.5) is 5.69 Å². The van der Waals surface area contributed by atoms with Crippen LogP contribution >= 0.6 is 0 Å². The van der Waals surface area contributed by atoms with Crippen molar-refractivity contribution >= 4 is 5.69 Å². The molecule has 1 unspecified atom stereocenters. The maximum absolute atomic E-state index is 5.20. The Morgan fingerprint density at radius 3 is 2.81 bits per heavy atom. The lowest BCUT2D eigenvalue weighted by molar-refractivity contribution is 0.300. The van der Waals surface area contributed by atoms with E-state index in [2.05, 4.69) is 39.5 Å². The van der Waals surface area contributed by atoms with E-state index in [1.807, 2.05) is 12.1 Å². The van der Waals surface area contributed by atoms with Gasteiger partial charge in [-0.3, -0.25) is 0 Å². The number of hydrogen-bond acceptors (Lipinski definition) is 5. The van der Waals surface area contributed by atoms with E-state index in [1.54, 1.807) is 0 Å². The van der Waals surface area contributed by atoms with Crippen LogP contribution in [0.2, 0.25) is 0 Å². The first kappa shape index (κ1) is 14.1. The molecule has 3 rings (SSSR count). The highest BCUT2D eigenvalue weighted by Crippen LogP contribution is 2.21. The van der Waals surface area contributed by atoms with E-state index in [0.717, 1.165) is 17.8 Å². The van der Waals surface area contributed by atoms with E-state index in [-0.39, 0.29) is 0 Å². The number of likely N-dealkylation sites (tertiary alicyclic amines) is 1. The predicted molar refractivity (Wildman–Crippen MR) is 83.1 cm³/mol. The molecule has 1 fully saturated rings. The van der Waals surface area contributed by atoms with Gasteiger partial charge in [-0.1, -0.05) is 6.92 Å². The number of nitrogens with one attached hydrogen (secondary N) is 1. The summed E-state index contributed by atoms with van der Waals surface area (Å²) in [6, 6.07) is 8.77. The Morgan fingerprint density at radius 1 is 1.24 bits per heavy atom. The second-order valence-corrected chi connectivity index (χ2v) is 5.53. The molecule has 0 bridgehead atoms. The van der Waals surface area contributed by atoms with Crippen molar-refractivity contribution in [3.63, 3.8) is 0 Å². The maximum Gasteiger partial charge on any atom is 0.247 e. The highest BCUT2D eigenvalue weighted by molar-refractivity contribution is 5.58. The monoisotopic (exact) mass is 286 g/mol. The Balaban J connectivity index is 1.60. The van der Waals surface area contributed by atoms with Crippen LogP contribution in [0.1, 0.15) is 26.2 Å². The van der Waals surface area contributed by atoms with Gasteiger partial charge in [0.15, 0.2) is 0 Å². The van der Waals surface area contributed by atoms with Crippen LogP contribution in [-0.2, 0) is 0 Å². The van der Waals surface area contributed by atoms with E-state index < -0.39 is 0 Å². The summed E-state index contributed by atoms with van der Waals surface area (Å²) in [5, 5.41) is 11.3. The summed E-state index contributed by atoms with van der Waals surface area (Å²) in [5.41, 5.74) is 2.12. The Hall–Kier alpha value is -1.88. The van der Waals surface area contributed by atoms with Crippen LogP contribution in [0.5, 0.6) is 0 Å². The summed E-state index contributed by atoms with van der Waals surface area (Å²) >= 11 is 0. The van der Waals surface area contributed by atoms with E-state index in [4.69, 9.17) is 4.42 Å². The molecule has 0 saturated carbocycles. The highest BCUT2D eigenvalue weighted by atomic mass is 16.4. The van der Waals surface area contributed by atoms with Crippen molar-refractivity contribution in [1.82, 2.24) is 15.1 Å². The SMILES string of the molecule is CCN1CCCC(Nc2ccc(-c3nnco3)cc2)CC1. The third-order valence-corrected chi connectivity index (χ3v) is 4.13. The van der Waals surface area contributed by atoms with Gasteiger partial charge >= 0.3 is 0 Å². The zero-order chi connectivity index (χ0) is 14.5. The van der Waals surface area contributed by atoms with E-state index in [1.165, 1.54) is 38.7 Å². The van der Waals surface area contributed by atoms with Gasteiger partial charge in [0.05, 0.1) is 0 Å². The zero-order valence-electron chi connectivity index (χ0n) is 12.5. The minimum Gasteiger partial charge on any atom is -0.423 e. The Kier molecular flexibility index (Phi) is 4.50. The molecule has 0 aliphatic carbocycles. The molecule has 5 heteroatoms. The predicted octanol–water partition coefficient (Wildman–Crippen LogP) is 3.02. The number of hydrogen-bond donors (Lipinski definition) is 1. The quantitative estimate of drug-likeness (QED) is 0.936. The normalized spacial score (nSPS) is 20.1. The van der Waals surface area contributed by atoms with Crippen LogP contribution in [0.15, 0.2) is 35.1 Å². The van der Waals surface area contributed by atoms with Crippen molar-refractivity contribution in [2.75, 3.05) is 25.0 Å². The molecular formula is C16H22N4O.